The molecule has 1 atom stereocenters. The predicted molar refractivity (Wildman–Crippen MR) is 153 cm³/mol. The summed E-state index contributed by atoms with van der Waals surface area (Å²) in [6.45, 7) is 1.49. The third kappa shape index (κ3) is 7.01. The second-order valence-electron chi connectivity index (χ2n) is 11.2. The Bertz CT molecular complexity index is 1490. The third-order valence-corrected chi connectivity index (χ3v) is 8.02. The molecule has 0 saturated carbocycles. The Labute approximate surface area is 238 Å². The van der Waals surface area contributed by atoms with Crippen LogP contribution in [-0.2, 0) is 11.2 Å². The van der Waals surface area contributed by atoms with Crippen LogP contribution in [0.2, 0.25) is 0 Å². The van der Waals surface area contributed by atoms with Crippen molar-refractivity contribution in [3.05, 3.63) is 71.2 Å². The zero-order valence-corrected chi connectivity index (χ0v) is 23.1. The summed E-state index contributed by atoms with van der Waals surface area (Å²) in [4.78, 5) is 37.9. The Balaban J connectivity index is 1.23. The van der Waals surface area contributed by atoms with E-state index >= 15 is 0 Å². The van der Waals surface area contributed by atoms with Crippen molar-refractivity contribution < 1.29 is 18.4 Å². The number of hydrogen-bond donors (Lipinski definition) is 0. The smallest absolute Gasteiger partial charge is 0.268 e. The summed E-state index contributed by atoms with van der Waals surface area (Å²) in [6.07, 6.45) is 9.70. The number of nitrogens with zero attached hydrogens (tertiary/aromatic N) is 5. The molecule has 212 valence electrons. The quantitative estimate of drug-likeness (QED) is 0.344. The van der Waals surface area contributed by atoms with Crippen LogP contribution in [0.25, 0.3) is 23.1 Å². The summed E-state index contributed by atoms with van der Waals surface area (Å²) in [7, 11) is 2.17. The van der Waals surface area contributed by atoms with Gasteiger partial charge in [-0.3, -0.25) is 19.6 Å². The molecule has 0 spiro atoms. The van der Waals surface area contributed by atoms with Crippen molar-refractivity contribution in [1.82, 2.24) is 19.8 Å². The van der Waals surface area contributed by atoms with E-state index in [0.29, 0.717) is 22.4 Å². The summed E-state index contributed by atoms with van der Waals surface area (Å²) in [6, 6.07) is 12.0. The van der Waals surface area contributed by atoms with E-state index in [1.165, 1.54) is 12.8 Å². The lowest BCUT2D eigenvalue weighted by Gasteiger charge is -2.28. The fraction of sp³-hybridized carbons (Fsp3) is 0.406. The molecule has 0 bridgehead atoms. The first-order valence-electron chi connectivity index (χ1n) is 14.0. The highest BCUT2D eigenvalue weighted by molar-refractivity contribution is 6.08. The summed E-state index contributed by atoms with van der Waals surface area (Å²) in [5, 5.41) is 9.81. The van der Waals surface area contributed by atoms with Gasteiger partial charge in [0.1, 0.15) is 6.04 Å². The summed E-state index contributed by atoms with van der Waals surface area (Å²) >= 11 is 0. The predicted octanol–water partition coefficient (Wildman–Crippen LogP) is 5.41. The molecule has 0 unspecified atom stereocenters. The molecule has 2 saturated heterocycles. The molecular formula is C32H33F2N5O2. The van der Waals surface area contributed by atoms with Crippen molar-refractivity contribution in [2.45, 2.75) is 50.5 Å². The molecule has 0 N–H and O–H groups in total. The fourth-order valence-electron chi connectivity index (χ4n) is 5.61. The number of aromatic nitrogens is 2. The van der Waals surface area contributed by atoms with Gasteiger partial charge in [0.25, 0.3) is 5.92 Å². The summed E-state index contributed by atoms with van der Waals surface area (Å²) in [5.41, 5.74) is 4.02. The molecule has 9 heteroatoms. The van der Waals surface area contributed by atoms with Crippen molar-refractivity contribution in [3.8, 4) is 6.07 Å². The van der Waals surface area contributed by atoms with E-state index < -0.39 is 30.8 Å². The number of alkyl halides is 2. The van der Waals surface area contributed by atoms with Gasteiger partial charge in [0.05, 0.1) is 18.1 Å². The minimum atomic E-state index is -3.09. The van der Waals surface area contributed by atoms with Gasteiger partial charge < -0.3 is 9.80 Å². The number of amides is 1. The first-order valence-corrected chi connectivity index (χ1v) is 14.0. The van der Waals surface area contributed by atoms with Gasteiger partial charge in [0.2, 0.25) is 5.91 Å². The molecule has 0 aliphatic carbocycles. The Kier molecular flexibility index (Phi) is 8.50. The third-order valence-electron chi connectivity index (χ3n) is 8.02. The van der Waals surface area contributed by atoms with E-state index in [0.717, 1.165) is 41.2 Å². The maximum Gasteiger partial charge on any atom is 0.268 e. The first kappa shape index (κ1) is 28.5. The highest BCUT2D eigenvalue weighted by Crippen LogP contribution is 2.32. The van der Waals surface area contributed by atoms with Crippen LogP contribution in [0, 0.1) is 17.2 Å². The van der Waals surface area contributed by atoms with E-state index in [1.807, 2.05) is 36.5 Å². The number of nitriles is 1. The summed E-state index contributed by atoms with van der Waals surface area (Å²) in [5.74, 6) is -3.30. The number of carbonyl (C=O) groups is 2. The SMILES string of the molecule is CN1CCC(Cc2ccc(/C=C/c3ccc4nccc(C(=O)CCC(=O)N5CC(F)(F)C[C@H]5C#N)c4c3)cn2)CC1. The van der Waals surface area contributed by atoms with E-state index in [1.54, 1.807) is 18.3 Å². The Hall–Kier alpha value is -4.03. The number of pyridine rings is 2. The van der Waals surface area contributed by atoms with Crippen LogP contribution in [0.5, 0.6) is 0 Å². The molecular weight excluding hydrogens is 524 g/mol. The van der Waals surface area contributed by atoms with Gasteiger partial charge >= 0.3 is 0 Å². The second kappa shape index (κ2) is 12.2. The summed E-state index contributed by atoms with van der Waals surface area (Å²) < 4.78 is 27.5. The molecule has 41 heavy (non-hydrogen) atoms. The molecule has 4 heterocycles. The van der Waals surface area contributed by atoms with Gasteiger partial charge in [-0.25, -0.2) is 8.78 Å². The molecule has 2 aliphatic rings. The van der Waals surface area contributed by atoms with Crippen molar-refractivity contribution in [2.24, 2.45) is 5.92 Å². The lowest BCUT2D eigenvalue weighted by Crippen LogP contribution is -2.36. The fourth-order valence-corrected chi connectivity index (χ4v) is 5.61. The number of carbonyl (C=O) groups excluding carboxylic acids is 2. The molecule has 7 nitrogen and oxygen atoms in total. The van der Waals surface area contributed by atoms with E-state index in [9.17, 15) is 18.4 Å². The number of benzene rings is 1. The normalized spacial score (nSPS) is 19.6. The van der Waals surface area contributed by atoms with Crippen LogP contribution in [-0.4, -0.2) is 70.1 Å². The standard InChI is InChI=1S/C32H33F2N5O2/c1-38-14-11-23(12-15-38)16-25-6-4-24(20-37-25)3-2-22-5-7-29-28(17-22)27(10-13-36-29)30(40)8-9-31(41)39-21-32(33,34)18-26(39)19-35/h2-7,10,13,17,20,23,26H,8-9,11-12,14-16,18,21H2,1H3/b3-2+/t26-/m0/s1. The molecule has 2 aliphatic heterocycles. The highest BCUT2D eigenvalue weighted by Gasteiger charge is 2.47. The Morgan fingerprint density at radius 3 is 2.56 bits per heavy atom. The van der Waals surface area contributed by atoms with Crippen LogP contribution in [0.4, 0.5) is 8.78 Å². The van der Waals surface area contributed by atoms with Crippen LogP contribution >= 0.6 is 0 Å². The maximum atomic E-state index is 13.7. The number of piperidine rings is 1. The number of likely N-dealkylation sites (tertiary alicyclic amines) is 2. The molecule has 5 rings (SSSR count). The average molecular weight is 558 g/mol. The minimum absolute atomic E-state index is 0.145. The minimum Gasteiger partial charge on any atom is -0.320 e. The highest BCUT2D eigenvalue weighted by atomic mass is 19.3. The zero-order chi connectivity index (χ0) is 29.0. The van der Waals surface area contributed by atoms with Gasteiger partial charge in [0.15, 0.2) is 5.78 Å². The number of rotatable bonds is 8. The Morgan fingerprint density at radius 1 is 1.07 bits per heavy atom. The molecule has 2 fully saturated rings. The van der Waals surface area contributed by atoms with Gasteiger partial charge in [-0.1, -0.05) is 24.3 Å². The van der Waals surface area contributed by atoms with Gasteiger partial charge in [-0.2, -0.15) is 5.26 Å². The molecule has 1 amide bonds. The number of ketones is 1. The second-order valence-corrected chi connectivity index (χ2v) is 11.2. The van der Waals surface area contributed by atoms with Crippen LogP contribution in [0.1, 0.15) is 59.3 Å². The Morgan fingerprint density at radius 2 is 1.83 bits per heavy atom. The van der Waals surface area contributed by atoms with Crippen molar-refractivity contribution in [1.29, 1.82) is 5.26 Å². The topological polar surface area (TPSA) is 90.2 Å². The largest absolute Gasteiger partial charge is 0.320 e. The van der Waals surface area contributed by atoms with Crippen LogP contribution in [0.3, 0.4) is 0 Å². The average Bonchev–Trinajstić information content (AvgIpc) is 3.30. The first-order chi connectivity index (χ1) is 19.7. The number of fused-ring (bicyclic) bond motifs is 1. The molecule has 2 aromatic heterocycles. The number of Topliss-reactive ketones (excluding diaryl/α,β-unsaturated/α-hetero) is 1. The van der Waals surface area contributed by atoms with E-state index in [2.05, 4.69) is 34.0 Å². The maximum absolute atomic E-state index is 13.7. The zero-order valence-electron chi connectivity index (χ0n) is 23.1. The van der Waals surface area contributed by atoms with Gasteiger partial charge in [0, 0.05) is 48.3 Å². The van der Waals surface area contributed by atoms with Gasteiger partial charge in [-0.05, 0) is 80.7 Å². The number of halogens is 2. The molecule has 0 radical (unpaired) electrons. The van der Waals surface area contributed by atoms with E-state index in [-0.39, 0.29) is 18.6 Å². The van der Waals surface area contributed by atoms with Crippen molar-refractivity contribution >= 4 is 34.7 Å². The monoisotopic (exact) mass is 557 g/mol. The number of hydrogen-bond acceptors (Lipinski definition) is 6. The van der Waals surface area contributed by atoms with Crippen LogP contribution < -0.4 is 0 Å². The van der Waals surface area contributed by atoms with E-state index in [4.69, 9.17) is 5.26 Å². The molecule has 1 aromatic carbocycles. The lowest BCUT2D eigenvalue weighted by atomic mass is 9.92. The van der Waals surface area contributed by atoms with Crippen molar-refractivity contribution in [3.63, 3.8) is 0 Å². The molecule has 3 aromatic rings. The lowest BCUT2D eigenvalue weighted by molar-refractivity contribution is -0.132. The van der Waals surface area contributed by atoms with Crippen LogP contribution in [0.15, 0.2) is 48.8 Å². The van der Waals surface area contributed by atoms with Crippen molar-refractivity contribution in [2.75, 3.05) is 26.7 Å². The van der Waals surface area contributed by atoms with Gasteiger partial charge in [-0.15, -0.1) is 0 Å².